The maximum Gasteiger partial charge on any atom is 0.306 e. The Labute approximate surface area is 167 Å². The van der Waals surface area contributed by atoms with Gasteiger partial charge in [0, 0.05) is 22.7 Å². The highest BCUT2D eigenvalue weighted by Gasteiger charge is 2.36. The Morgan fingerprint density at radius 1 is 1.18 bits per heavy atom. The number of carbonyl (C=O) groups excluding carboxylic acids is 1. The number of aliphatic carboxylic acids is 1. The van der Waals surface area contributed by atoms with Crippen LogP contribution in [0.3, 0.4) is 0 Å². The van der Waals surface area contributed by atoms with Gasteiger partial charge in [0.2, 0.25) is 0 Å². The van der Waals surface area contributed by atoms with Gasteiger partial charge in [0.25, 0.3) is 5.91 Å². The van der Waals surface area contributed by atoms with Crippen LogP contribution in [0.2, 0.25) is 5.02 Å². The van der Waals surface area contributed by atoms with E-state index in [1.807, 2.05) is 0 Å². The van der Waals surface area contributed by atoms with Crippen molar-refractivity contribution in [2.75, 3.05) is 11.4 Å². The number of carbonyl (C=O) groups is 2. The van der Waals surface area contributed by atoms with Crippen molar-refractivity contribution in [2.45, 2.75) is 25.3 Å². The Morgan fingerprint density at radius 3 is 2.54 bits per heavy atom. The van der Waals surface area contributed by atoms with Crippen molar-refractivity contribution in [1.29, 1.82) is 0 Å². The van der Waals surface area contributed by atoms with Gasteiger partial charge in [-0.05, 0) is 61.2 Å². The minimum Gasteiger partial charge on any atom is -0.508 e. The van der Waals surface area contributed by atoms with Crippen molar-refractivity contribution in [1.82, 2.24) is 0 Å². The zero-order chi connectivity index (χ0) is 19.8. The fraction of sp³-hybridized carbons (Fsp3) is 0.286. The van der Waals surface area contributed by atoms with Gasteiger partial charge in [-0.15, -0.1) is 0 Å². The number of benzodiazepines with no additional fused rings is 1. The third-order valence-electron chi connectivity index (χ3n) is 4.99. The predicted molar refractivity (Wildman–Crippen MR) is 106 cm³/mol. The van der Waals surface area contributed by atoms with Crippen LogP contribution in [0.5, 0.6) is 5.75 Å². The number of benzene rings is 2. The molecule has 1 fully saturated rings. The molecule has 2 N–H and O–H groups in total. The number of halogens is 1. The molecule has 6 nitrogen and oxygen atoms in total. The molecular formula is C21H19ClN2O4. The van der Waals surface area contributed by atoms with Gasteiger partial charge in [-0.3, -0.25) is 14.6 Å². The van der Waals surface area contributed by atoms with Crippen LogP contribution >= 0.6 is 11.6 Å². The van der Waals surface area contributed by atoms with E-state index in [0.717, 1.165) is 12.8 Å². The van der Waals surface area contributed by atoms with E-state index in [4.69, 9.17) is 11.6 Å². The molecular weight excluding hydrogens is 380 g/mol. The molecule has 1 heterocycles. The molecule has 1 saturated carbocycles. The molecule has 0 radical (unpaired) electrons. The van der Waals surface area contributed by atoms with Crippen LogP contribution in [0.15, 0.2) is 47.5 Å². The van der Waals surface area contributed by atoms with Gasteiger partial charge >= 0.3 is 5.97 Å². The summed E-state index contributed by atoms with van der Waals surface area (Å²) in [6, 6.07) is 10.7. The van der Waals surface area contributed by atoms with Crippen LogP contribution < -0.4 is 4.90 Å². The van der Waals surface area contributed by atoms with Crippen LogP contribution in [0.25, 0.3) is 0 Å². The van der Waals surface area contributed by atoms with Gasteiger partial charge in [-0.2, -0.15) is 0 Å². The van der Waals surface area contributed by atoms with Gasteiger partial charge < -0.3 is 15.1 Å². The molecule has 1 amide bonds. The average molecular weight is 399 g/mol. The summed E-state index contributed by atoms with van der Waals surface area (Å²) >= 11 is 6.24. The van der Waals surface area contributed by atoms with E-state index in [-0.39, 0.29) is 18.1 Å². The topological polar surface area (TPSA) is 90.2 Å². The summed E-state index contributed by atoms with van der Waals surface area (Å²) < 4.78 is 0. The van der Waals surface area contributed by atoms with Crippen LogP contribution in [0.4, 0.5) is 5.69 Å². The number of carboxylic acid groups (broad SMARTS) is 1. The van der Waals surface area contributed by atoms with Crippen molar-refractivity contribution in [3.05, 3.63) is 58.6 Å². The number of phenols is 1. The maximum absolute atomic E-state index is 13.2. The quantitative estimate of drug-likeness (QED) is 0.806. The first-order valence-corrected chi connectivity index (χ1v) is 9.50. The zero-order valence-corrected chi connectivity index (χ0v) is 15.8. The Morgan fingerprint density at radius 2 is 1.89 bits per heavy atom. The van der Waals surface area contributed by atoms with Crippen molar-refractivity contribution < 1.29 is 19.8 Å². The van der Waals surface area contributed by atoms with Crippen LogP contribution in [0.1, 0.15) is 30.4 Å². The SMILES string of the molecule is O=C(O)CC1N=C(c2ccc(O)cc2)c2cc(Cl)ccc2N(CC2CC2)C1=O. The number of amides is 1. The molecule has 0 spiro atoms. The van der Waals surface area contributed by atoms with Crippen LogP contribution in [-0.4, -0.2) is 40.4 Å². The van der Waals surface area contributed by atoms with Crippen molar-refractivity contribution in [3.8, 4) is 5.75 Å². The summed E-state index contributed by atoms with van der Waals surface area (Å²) in [7, 11) is 0. The second-order valence-electron chi connectivity index (χ2n) is 7.19. The summed E-state index contributed by atoms with van der Waals surface area (Å²) in [4.78, 5) is 30.8. The van der Waals surface area contributed by atoms with E-state index in [9.17, 15) is 19.8 Å². The van der Waals surface area contributed by atoms with E-state index in [0.29, 0.717) is 40.0 Å². The van der Waals surface area contributed by atoms with Crippen molar-refractivity contribution in [2.24, 2.45) is 10.9 Å². The number of carboxylic acids is 1. The Balaban J connectivity index is 1.89. The average Bonchev–Trinajstić information content (AvgIpc) is 3.48. The second-order valence-corrected chi connectivity index (χ2v) is 7.63. The molecule has 2 aromatic carbocycles. The van der Waals surface area contributed by atoms with Gasteiger partial charge in [0.1, 0.15) is 11.8 Å². The molecule has 144 valence electrons. The lowest BCUT2D eigenvalue weighted by Crippen LogP contribution is -2.40. The fourth-order valence-electron chi connectivity index (χ4n) is 3.41. The summed E-state index contributed by atoms with van der Waals surface area (Å²) in [5, 5.41) is 19.4. The number of fused-ring (bicyclic) bond motifs is 1. The molecule has 0 aromatic heterocycles. The van der Waals surface area contributed by atoms with E-state index in [2.05, 4.69) is 4.99 Å². The van der Waals surface area contributed by atoms with Gasteiger partial charge in [0.05, 0.1) is 17.8 Å². The highest BCUT2D eigenvalue weighted by Crippen LogP contribution is 2.36. The molecule has 2 aromatic rings. The van der Waals surface area contributed by atoms with E-state index in [1.54, 1.807) is 35.2 Å². The number of aliphatic imine (C=N–C) groups is 1. The number of phenolic OH excluding ortho intramolecular Hbond substituents is 1. The molecule has 1 unspecified atom stereocenters. The van der Waals surface area contributed by atoms with E-state index < -0.39 is 12.0 Å². The second kappa shape index (κ2) is 7.28. The first-order chi connectivity index (χ1) is 13.4. The number of anilines is 1. The molecule has 1 aliphatic carbocycles. The third-order valence-corrected chi connectivity index (χ3v) is 5.22. The lowest BCUT2D eigenvalue weighted by atomic mass is 10.00. The normalized spacial score (nSPS) is 19.0. The Bertz CT molecular complexity index is 967. The lowest BCUT2D eigenvalue weighted by molar-refractivity contribution is -0.139. The molecule has 4 rings (SSSR count). The highest BCUT2D eigenvalue weighted by molar-refractivity contribution is 6.32. The minimum absolute atomic E-state index is 0.109. The molecule has 2 aliphatic rings. The molecule has 28 heavy (non-hydrogen) atoms. The highest BCUT2D eigenvalue weighted by atomic mass is 35.5. The molecule has 7 heteroatoms. The number of nitrogens with zero attached hydrogens (tertiary/aromatic N) is 2. The Hall–Kier alpha value is -2.86. The predicted octanol–water partition coefficient (Wildman–Crippen LogP) is 3.48. The largest absolute Gasteiger partial charge is 0.508 e. The molecule has 1 aliphatic heterocycles. The Kier molecular flexibility index (Phi) is 4.81. The number of hydrogen-bond acceptors (Lipinski definition) is 4. The number of aromatic hydroxyl groups is 1. The van der Waals surface area contributed by atoms with Gasteiger partial charge in [-0.25, -0.2) is 0 Å². The first-order valence-electron chi connectivity index (χ1n) is 9.12. The monoisotopic (exact) mass is 398 g/mol. The summed E-state index contributed by atoms with van der Waals surface area (Å²) in [5.41, 5.74) is 2.54. The summed E-state index contributed by atoms with van der Waals surface area (Å²) in [5.74, 6) is -0.861. The minimum atomic E-state index is -1.08. The maximum atomic E-state index is 13.2. The van der Waals surface area contributed by atoms with E-state index in [1.165, 1.54) is 12.1 Å². The first kappa shape index (κ1) is 18.5. The summed E-state index contributed by atoms with van der Waals surface area (Å²) in [6.45, 7) is 0.544. The third kappa shape index (κ3) is 3.73. The zero-order valence-electron chi connectivity index (χ0n) is 15.0. The van der Waals surface area contributed by atoms with Gasteiger partial charge in [-0.1, -0.05) is 11.6 Å². The van der Waals surface area contributed by atoms with E-state index >= 15 is 0 Å². The standard InChI is InChI=1S/C21H19ClN2O4/c22-14-5-8-18-16(9-14)20(13-3-6-15(25)7-4-13)23-17(10-19(26)27)21(28)24(18)11-12-1-2-12/h3-9,12,17,25H,1-2,10-11H2,(H,26,27). The van der Waals surface area contributed by atoms with Gasteiger partial charge in [0.15, 0.2) is 0 Å². The van der Waals surface area contributed by atoms with Crippen LogP contribution in [-0.2, 0) is 9.59 Å². The van der Waals surface area contributed by atoms with Crippen molar-refractivity contribution >= 4 is 34.9 Å². The molecule has 0 saturated heterocycles. The summed E-state index contributed by atoms with van der Waals surface area (Å²) in [6.07, 6.45) is 1.73. The van der Waals surface area contributed by atoms with Crippen molar-refractivity contribution in [3.63, 3.8) is 0 Å². The van der Waals surface area contributed by atoms with Crippen LogP contribution in [0, 0.1) is 5.92 Å². The molecule has 1 atom stereocenters. The number of rotatable bonds is 5. The fourth-order valence-corrected chi connectivity index (χ4v) is 3.58. The number of hydrogen-bond donors (Lipinski definition) is 2. The molecule has 0 bridgehead atoms. The smallest absolute Gasteiger partial charge is 0.306 e. The lowest BCUT2D eigenvalue weighted by Gasteiger charge is -2.25.